The van der Waals surface area contributed by atoms with Crippen molar-refractivity contribution in [1.29, 1.82) is 0 Å². The number of fused-ring (bicyclic) bond motifs is 1. The van der Waals surface area contributed by atoms with Crippen LogP contribution in [0.15, 0.2) is 23.8 Å². The zero-order valence-electron chi connectivity index (χ0n) is 13.7. The molecule has 1 unspecified atom stereocenters. The zero-order chi connectivity index (χ0) is 18.8. The molecular weight excluding hydrogens is 384 g/mol. The van der Waals surface area contributed by atoms with Crippen LogP contribution >= 0.6 is 11.6 Å². The molecule has 140 valence electrons. The maximum atomic E-state index is 13.3. The molecule has 1 aliphatic heterocycles. The first-order valence-corrected chi connectivity index (χ1v) is 8.17. The van der Waals surface area contributed by atoms with Gasteiger partial charge in [-0.2, -0.15) is 13.2 Å². The van der Waals surface area contributed by atoms with Gasteiger partial charge >= 0.3 is 46.8 Å². The SMILES string of the molecule is CCC(CC)COc1ccc2c(c1)OC(Cl)(C(F)(F)F)C(C(=O)O)=C2.[NaH]. The van der Waals surface area contributed by atoms with Crippen LogP contribution in [0.3, 0.4) is 0 Å². The molecule has 0 aliphatic carbocycles. The minimum absolute atomic E-state index is 0. The van der Waals surface area contributed by atoms with Gasteiger partial charge in [0.25, 0.3) is 0 Å². The van der Waals surface area contributed by atoms with Gasteiger partial charge in [0.15, 0.2) is 0 Å². The quantitative estimate of drug-likeness (QED) is 0.572. The molecule has 1 aliphatic rings. The average Bonchev–Trinajstić information content (AvgIpc) is 2.53. The number of carboxylic acids is 1. The summed E-state index contributed by atoms with van der Waals surface area (Å²) in [5.41, 5.74) is -0.896. The van der Waals surface area contributed by atoms with Gasteiger partial charge in [0.2, 0.25) is 0 Å². The summed E-state index contributed by atoms with van der Waals surface area (Å²) in [7, 11) is 0. The van der Waals surface area contributed by atoms with Crippen molar-refractivity contribution in [2.75, 3.05) is 6.61 Å². The molecule has 9 heteroatoms. The molecule has 4 nitrogen and oxygen atoms in total. The molecule has 0 aromatic heterocycles. The third kappa shape index (κ3) is 4.68. The minimum atomic E-state index is -5.11. The van der Waals surface area contributed by atoms with Crippen LogP contribution in [0, 0.1) is 5.92 Å². The Labute approximate surface area is 176 Å². The molecule has 0 saturated heterocycles. The topological polar surface area (TPSA) is 55.8 Å². The molecule has 26 heavy (non-hydrogen) atoms. The van der Waals surface area contributed by atoms with E-state index in [9.17, 15) is 18.0 Å². The van der Waals surface area contributed by atoms with Crippen molar-refractivity contribution < 1.29 is 32.5 Å². The second kappa shape index (κ2) is 8.87. The van der Waals surface area contributed by atoms with E-state index in [0.29, 0.717) is 18.3 Å². The fraction of sp³-hybridized carbons (Fsp3) is 0.471. The second-order valence-corrected chi connectivity index (χ2v) is 6.28. The summed E-state index contributed by atoms with van der Waals surface area (Å²) in [6, 6.07) is 4.28. The molecule has 0 spiro atoms. The van der Waals surface area contributed by atoms with Gasteiger partial charge in [-0.1, -0.05) is 38.3 Å². The summed E-state index contributed by atoms with van der Waals surface area (Å²) >= 11 is 5.53. The summed E-state index contributed by atoms with van der Waals surface area (Å²) < 4.78 is 50.3. The van der Waals surface area contributed by atoms with Gasteiger partial charge in [-0.15, -0.1) is 0 Å². The molecule has 0 amide bonds. The molecule has 1 aromatic carbocycles. The van der Waals surface area contributed by atoms with E-state index in [1.807, 2.05) is 13.8 Å². The van der Waals surface area contributed by atoms with Crippen LogP contribution in [-0.4, -0.2) is 58.5 Å². The average molecular weight is 403 g/mol. The van der Waals surface area contributed by atoms with Crippen LogP contribution in [0.4, 0.5) is 13.2 Å². The molecule has 0 bridgehead atoms. The van der Waals surface area contributed by atoms with Gasteiger partial charge in [-0.25, -0.2) is 4.79 Å². The zero-order valence-corrected chi connectivity index (χ0v) is 14.4. The monoisotopic (exact) mass is 402 g/mol. The van der Waals surface area contributed by atoms with E-state index in [1.54, 1.807) is 6.07 Å². The van der Waals surface area contributed by atoms with Gasteiger partial charge in [0, 0.05) is 11.6 Å². The van der Waals surface area contributed by atoms with Crippen molar-refractivity contribution in [2.45, 2.75) is 37.9 Å². The summed E-state index contributed by atoms with van der Waals surface area (Å²) in [5, 5.41) is 5.61. The molecular formula is C17H19ClF3NaO4. The molecule has 1 atom stereocenters. The molecule has 0 radical (unpaired) electrons. The first-order valence-electron chi connectivity index (χ1n) is 7.79. The van der Waals surface area contributed by atoms with Crippen LogP contribution in [0.1, 0.15) is 32.3 Å². The number of hydrogen-bond donors (Lipinski definition) is 1. The van der Waals surface area contributed by atoms with Gasteiger partial charge in [-0.3, -0.25) is 0 Å². The molecule has 1 N–H and O–H groups in total. The summed E-state index contributed by atoms with van der Waals surface area (Å²) in [5.74, 6) is -1.32. The van der Waals surface area contributed by atoms with Gasteiger partial charge in [0.05, 0.1) is 6.61 Å². The third-order valence-corrected chi connectivity index (χ3v) is 4.61. The number of alkyl halides is 4. The van der Waals surface area contributed by atoms with Crippen LogP contribution in [0.2, 0.25) is 0 Å². The molecule has 1 heterocycles. The number of halogens is 4. The maximum absolute atomic E-state index is 13.3. The molecule has 0 saturated carbocycles. The molecule has 2 rings (SSSR count). The summed E-state index contributed by atoms with van der Waals surface area (Å²) in [6.07, 6.45) is -2.40. The van der Waals surface area contributed by atoms with Gasteiger partial charge in [-0.05, 0) is 24.1 Å². The van der Waals surface area contributed by atoms with E-state index in [1.165, 1.54) is 12.1 Å². The van der Waals surface area contributed by atoms with Crippen LogP contribution < -0.4 is 9.47 Å². The Kier molecular flexibility index (Phi) is 7.89. The fourth-order valence-corrected chi connectivity index (χ4v) is 2.63. The predicted molar refractivity (Wildman–Crippen MR) is 94.0 cm³/mol. The van der Waals surface area contributed by atoms with E-state index >= 15 is 0 Å². The van der Waals surface area contributed by atoms with Crippen molar-refractivity contribution in [3.05, 3.63) is 29.3 Å². The van der Waals surface area contributed by atoms with E-state index in [4.69, 9.17) is 26.2 Å². The summed E-state index contributed by atoms with van der Waals surface area (Å²) in [6.45, 7) is 4.47. The Bertz CT molecular complexity index is 689. The van der Waals surface area contributed by atoms with Crippen molar-refractivity contribution in [3.63, 3.8) is 0 Å². The van der Waals surface area contributed by atoms with Crippen LogP contribution in [0.5, 0.6) is 11.5 Å². The predicted octanol–water partition coefficient (Wildman–Crippen LogP) is 4.21. The molecule has 0 fully saturated rings. The van der Waals surface area contributed by atoms with Gasteiger partial charge < -0.3 is 14.6 Å². The first kappa shape index (κ1) is 23.1. The normalized spacial score (nSPS) is 19.1. The van der Waals surface area contributed by atoms with Gasteiger partial charge in [0.1, 0.15) is 17.1 Å². The number of carboxylic acid groups (broad SMARTS) is 1. The first-order chi connectivity index (χ1) is 11.6. The standard InChI is InChI=1S/C17H18ClF3O4.Na.H/c1-3-10(4-2)9-24-12-6-5-11-7-13(15(22)23)16(18,17(19,20)21)25-14(11)8-12;;/h5-8,10H,3-4,9H2,1-2H3,(H,22,23);;. The Hall–Kier alpha value is -0.890. The Morgan fingerprint density at radius 2 is 1.96 bits per heavy atom. The van der Waals surface area contributed by atoms with Crippen molar-refractivity contribution in [3.8, 4) is 11.5 Å². The Morgan fingerprint density at radius 1 is 1.35 bits per heavy atom. The second-order valence-electron chi connectivity index (χ2n) is 5.75. The number of aliphatic carboxylic acids is 1. The number of rotatable bonds is 6. The molecule has 1 aromatic rings. The van der Waals surface area contributed by atoms with Crippen LogP contribution in [-0.2, 0) is 4.79 Å². The number of carbonyl (C=O) groups is 1. The van der Waals surface area contributed by atoms with Crippen molar-refractivity contribution >= 4 is 53.2 Å². The number of hydrogen-bond acceptors (Lipinski definition) is 3. The summed E-state index contributed by atoms with van der Waals surface area (Å²) in [4.78, 5) is 11.2. The number of ether oxygens (including phenoxy) is 2. The Morgan fingerprint density at radius 3 is 2.46 bits per heavy atom. The Balaban J connectivity index is 0.00000338. The number of benzene rings is 1. The van der Waals surface area contributed by atoms with E-state index in [-0.39, 0.29) is 40.9 Å². The van der Waals surface area contributed by atoms with Crippen molar-refractivity contribution in [1.82, 2.24) is 0 Å². The van der Waals surface area contributed by atoms with E-state index < -0.39 is 22.8 Å². The van der Waals surface area contributed by atoms with Crippen LogP contribution in [0.25, 0.3) is 6.08 Å². The van der Waals surface area contributed by atoms with E-state index in [2.05, 4.69) is 0 Å². The van der Waals surface area contributed by atoms with E-state index in [0.717, 1.165) is 18.9 Å². The van der Waals surface area contributed by atoms with Crippen molar-refractivity contribution in [2.24, 2.45) is 5.92 Å². The fourth-order valence-electron chi connectivity index (χ4n) is 2.42. The third-order valence-electron chi connectivity index (χ3n) is 4.12.